The number of carbonyl (C=O) groups is 1. The molecule has 0 rings (SSSR count). The van der Waals surface area contributed by atoms with Gasteiger partial charge in [-0.15, -0.1) is 0 Å². The van der Waals surface area contributed by atoms with Crippen LogP contribution in [0.2, 0.25) is 0 Å². The van der Waals surface area contributed by atoms with Gasteiger partial charge in [-0.05, 0) is 57.8 Å². The number of phosphoric acid groups is 1. The molecule has 0 spiro atoms. The number of unbranched alkanes of at least 4 members (excludes halogenated alkanes) is 17. The molecule has 1 atom stereocenters. The van der Waals surface area contributed by atoms with Crippen molar-refractivity contribution in [3.63, 3.8) is 0 Å². The second-order valence-electron chi connectivity index (χ2n) is 12.5. The van der Waals surface area contributed by atoms with Crippen LogP contribution < -0.4 is 0 Å². The first-order chi connectivity index (χ1) is 22.9. The zero-order valence-corrected chi connectivity index (χ0v) is 31.1. The molecule has 0 aromatic rings. The molecule has 0 saturated carbocycles. The Kier molecular flexibility index (Phi) is 34.7. The van der Waals surface area contributed by atoms with Gasteiger partial charge in [-0.1, -0.05) is 152 Å². The number of esters is 1. The Morgan fingerprint density at radius 2 is 1.00 bits per heavy atom. The topological polar surface area (TPSA) is 102 Å². The van der Waals surface area contributed by atoms with Gasteiger partial charge in [0.05, 0.1) is 6.61 Å². The highest BCUT2D eigenvalue weighted by atomic mass is 31.2. The van der Waals surface area contributed by atoms with E-state index in [0.717, 1.165) is 57.8 Å². The van der Waals surface area contributed by atoms with E-state index >= 15 is 0 Å². The Labute approximate surface area is 288 Å². The number of allylic oxidation sites excluding steroid dienone is 8. The zero-order valence-electron chi connectivity index (χ0n) is 30.2. The van der Waals surface area contributed by atoms with E-state index in [1.165, 1.54) is 89.9 Å². The largest absolute Gasteiger partial charge is 0.469 e. The Balaban J connectivity index is 3.93. The van der Waals surface area contributed by atoms with E-state index in [2.05, 4.69) is 67.0 Å². The lowest BCUT2D eigenvalue weighted by Crippen LogP contribution is -2.27. The van der Waals surface area contributed by atoms with E-state index in [9.17, 15) is 9.36 Å². The molecule has 0 aliphatic carbocycles. The summed E-state index contributed by atoms with van der Waals surface area (Å²) >= 11 is 0. The lowest BCUT2D eigenvalue weighted by molar-refractivity contribution is -0.149. The van der Waals surface area contributed by atoms with Gasteiger partial charge in [0.25, 0.3) is 0 Å². The van der Waals surface area contributed by atoms with Gasteiger partial charge in [0.15, 0.2) is 0 Å². The molecule has 0 amide bonds. The van der Waals surface area contributed by atoms with Crippen molar-refractivity contribution in [1.29, 1.82) is 0 Å². The number of carbonyl (C=O) groups excluding carboxylic acids is 1. The number of ether oxygens (including phenoxy) is 2. The van der Waals surface area contributed by atoms with E-state index in [1.807, 2.05) is 0 Å². The summed E-state index contributed by atoms with van der Waals surface area (Å²) in [6.07, 6.45) is 44.0. The molecule has 0 unspecified atom stereocenters. The molecule has 2 N–H and O–H groups in total. The second-order valence-corrected chi connectivity index (χ2v) is 13.8. The van der Waals surface area contributed by atoms with Gasteiger partial charge in [-0.25, -0.2) is 4.57 Å². The maximum atomic E-state index is 12.2. The summed E-state index contributed by atoms with van der Waals surface area (Å²) in [6, 6.07) is 0. The molecule has 0 radical (unpaired) electrons. The van der Waals surface area contributed by atoms with Crippen molar-refractivity contribution in [3.8, 4) is 0 Å². The van der Waals surface area contributed by atoms with Crippen LogP contribution in [-0.2, 0) is 23.4 Å². The monoisotopic (exact) mass is 682 g/mol. The highest BCUT2D eigenvalue weighted by Gasteiger charge is 2.20. The van der Waals surface area contributed by atoms with Crippen LogP contribution in [0, 0.1) is 0 Å². The van der Waals surface area contributed by atoms with Crippen molar-refractivity contribution in [3.05, 3.63) is 48.6 Å². The quantitative estimate of drug-likeness (QED) is 0.0297. The van der Waals surface area contributed by atoms with Crippen molar-refractivity contribution < 1.29 is 33.1 Å². The third kappa shape index (κ3) is 38.8. The van der Waals surface area contributed by atoms with Crippen molar-refractivity contribution in [2.24, 2.45) is 0 Å². The van der Waals surface area contributed by atoms with Crippen LogP contribution in [0.5, 0.6) is 0 Å². The van der Waals surface area contributed by atoms with E-state index in [0.29, 0.717) is 13.0 Å². The SMILES string of the molecule is CCCCC/C=C\C/C=C\C/C=C\C/C=C\CCCCO[C@H](COC(=O)CCCCCCCCCCCCCCC)COP(=O)(O)O. The molecule has 0 aromatic carbocycles. The summed E-state index contributed by atoms with van der Waals surface area (Å²) in [4.78, 5) is 30.4. The minimum atomic E-state index is -4.63. The smallest absolute Gasteiger partial charge is 0.463 e. The zero-order chi connectivity index (χ0) is 34.5. The standard InChI is InChI=1S/C39H71O7P/c1-3-5-7-9-11-13-15-17-18-19-20-21-23-25-27-29-31-33-35-44-38(37-46-47(41,42)43)36-45-39(40)34-32-30-28-26-24-22-16-14-12-10-8-6-4-2/h11,13,17-18,20-21,25,27,38H,3-10,12,14-16,19,22-24,26,28-37H2,1-2H3,(H2,41,42,43)/b13-11-,18-17-,21-20-,27-25-/t38-/m1/s1. The van der Waals surface area contributed by atoms with Crippen LogP contribution in [0.15, 0.2) is 48.6 Å². The van der Waals surface area contributed by atoms with Crippen LogP contribution in [0.1, 0.15) is 168 Å². The second kappa shape index (κ2) is 35.8. The average Bonchev–Trinajstić information content (AvgIpc) is 3.04. The van der Waals surface area contributed by atoms with Gasteiger partial charge in [-0.2, -0.15) is 0 Å². The summed E-state index contributed by atoms with van der Waals surface area (Å²) < 4.78 is 26.9. The molecule has 0 heterocycles. The van der Waals surface area contributed by atoms with Crippen molar-refractivity contribution in [2.75, 3.05) is 19.8 Å². The van der Waals surface area contributed by atoms with E-state index < -0.39 is 13.9 Å². The highest BCUT2D eigenvalue weighted by Crippen LogP contribution is 2.35. The Hall–Kier alpha value is -1.50. The number of hydrogen-bond acceptors (Lipinski definition) is 5. The highest BCUT2D eigenvalue weighted by molar-refractivity contribution is 7.46. The molecule has 274 valence electrons. The lowest BCUT2D eigenvalue weighted by Gasteiger charge is -2.18. The summed E-state index contributed by atoms with van der Waals surface area (Å²) in [5.41, 5.74) is 0. The minimum absolute atomic E-state index is 0.0749. The molecule has 7 nitrogen and oxygen atoms in total. The molecule has 0 fully saturated rings. The van der Waals surface area contributed by atoms with Crippen LogP contribution in [0.25, 0.3) is 0 Å². The fourth-order valence-electron chi connectivity index (χ4n) is 5.04. The fourth-order valence-corrected chi connectivity index (χ4v) is 5.41. The molecule has 47 heavy (non-hydrogen) atoms. The van der Waals surface area contributed by atoms with Crippen molar-refractivity contribution in [2.45, 2.75) is 174 Å². The molecule has 0 saturated heterocycles. The first kappa shape index (κ1) is 45.5. The van der Waals surface area contributed by atoms with Crippen LogP contribution in [0.4, 0.5) is 0 Å². The van der Waals surface area contributed by atoms with Gasteiger partial charge < -0.3 is 19.3 Å². The van der Waals surface area contributed by atoms with E-state index in [-0.39, 0.29) is 19.2 Å². The summed E-state index contributed by atoms with van der Waals surface area (Å²) in [7, 11) is -4.63. The van der Waals surface area contributed by atoms with Crippen LogP contribution >= 0.6 is 7.82 Å². The number of phosphoric ester groups is 1. The van der Waals surface area contributed by atoms with Gasteiger partial charge in [-0.3, -0.25) is 9.32 Å². The Bertz CT molecular complexity index is 846. The van der Waals surface area contributed by atoms with Gasteiger partial charge in [0, 0.05) is 13.0 Å². The van der Waals surface area contributed by atoms with Crippen LogP contribution in [-0.4, -0.2) is 41.7 Å². The summed E-state index contributed by atoms with van der Waals surface area (Å²) in [5.74, 6) is -0.307. The Morgan fingerprint density at radius 3 is 1.49 bits per heavy atom. The van der Waals surface area contributed by atoms with Crippen LogP contribution in [0.3, 0.4) is 0 Å². The first-order valence-electron chi connectivity index (χ1n) is 19.0. The maximum absolute atomic E-state index is 12.2. The first-order valence-corrected chi connectivity index (χ1v) is 20.5. The van der Waals surface area contributed by atoms with Gasteiger partial charge in [0.1, 0.15) is 12.7 Å². The lowest BCUT2D eigenvalue weighted by atomic mass is 10.0. The molecule has 0 aliphatic heterocycles. The predicted molar refractivity (Wildman–Crippen MR) is 197 cm³/mol. The number of rotatable bonds is 35. The summed E-state index contributed by atoms with van der Waals surface area (Å²) in [5, 5.41) is 0. The van der Waals surface area contributed by atoms with E-state index in [4.69, 9.17) is 19.3 Å². The average molecular weight is 683 g/mol. The summed E-state index contributed by atoms with van der Waals surface area (Å²) in [6.45, 7) is 4.48. The van der Waals surface area contributed by atoms with Crippen molar-refractivity contribution >= 4 is 13.8 Å². The molecular weight excluding hydrogens is 611 g/mol. The normalized spacial score (nSPS) is 13.2. The molecule has 0 aliphatic rings. The predicted octanol–water partition coefficient (Wildman–Crippen LogP) is 11.7. The van der Waals surface area contributed by atoms with Gasteiger partial charge in [0.2, 0.25) is 0 Å². The minimum Gasteiger partial charge on any atom is -0.463 e. The molecular formula is C39H71O7P. The van der Waals surface area contributed by atoms with Gasteiger partial charge >= 0.3 is 13.8 Å². The molecule has 0 bridgehead atoms. The van der Waals surface area contributed by atoms with Crippen molar-refractivity contribution in [1.82, 2.24) is 0 Å². The Morgan fingerprint density at radius 1 is 0.574 bits per heavy atom. The number of hydrogen-bond donors (Lipinski definition) is 2. The third-order valence-corrected chi connectivity index (χ3v) is 8.40. The van der Waals surface area contributed by atoms with E-state index in [1.54, 1.807) is 0 Å². The maximum Gasteiger partial charge on any atom is 0.469 e. The third-order valence-electron chi connectivity index (χ3n) is 7.92. The molecule has 0 aromatic heterocycles. The fraction of sp³-hybridized carbons (Fsp3) is 0.769. The molecule has 8 heteroatoms.